The molecule has 6 heteroatoms. The number of amidine groups is 2. The smallest absolute Gasteiger partial charge is 0.137 e. The third kappa shape index (κ3) is 3.05. The van der Waals surface area contributed by atoms with Gasteiger partial charge in [-0.1, -0.05) is 27.7 Å². The number of azo groups is 1. The van der Waals surface area contributed by atoms with Crippen molar-refractivity contribution >= 4 is 11.7 Å². The standard InChI is InChI=1S/C12H26N6/c1-5-11(6-2,9(13)14)17-18-12(7-3,8-4)10(15)16/h5-8H2,1-4H3,(H3,13,14)(H3,15,16)/b18-17+. The summed E-state index contributed by atoms with van der Waals surface area (Å²) in [7, 11) is 0. The Labute approximate surface area is 109 Å². The molecule has 0 aliphatic heterocycles. The van der Waals surface area contributed by atoms with Gasteiger partial charge < -0.3 is 11.5 Å². The Morgan fingerprint density at radius 2 is 1.00 bits per heavy atom. The molecule has 0 saturated heterocycles. The van der Waals surface area contributed by atoms with Crippen LogP contribution in [0.25, 0.3) is 0 Å². The second kappa shape index (κ2) is 6.47. The van der Waals surface area contributed by atoms with E-state index in [2.05, 4.69) is 10.2 Å². The maximum absolute atomic E-state index is 7.67. The quantitative estimate of drug-likeness (QED) is 0.302. The Balaban J connectivity index is 5.42. The fraction of sp³-hybridized carbons (Fsp3) is 0.833. The Hall–Kier alpha value is -1.46. The van der Waals surface area contributed by atoms with Gasteiger partial charge in [0.2, 0.25) is 0 Å². The highest BCUT2D eigenvalue weighted by molar-refractivity contribution is 5.88. The lowest BCUT2D eigenvalue weighted by Gasteiger charge is -2.29. The Bertz CT molecular complexity index is 293. The van der Waals surface area contributed by atoms with Crippen molar-refractivity contribution in [3.05, 3.63) is 0 Å². The summed E-state index contributed by atoms with van der Waals surface area (Å²) in [5, 5.41) is 23.9. The molecule has 0 aromatic rings. The molecule has 18 heavy (non-hydrogen) atoms. The number of nitrogens with two attached hydrogens (primary N) is 2. The lowest BCUT2D eigenvalue weighted by Crippen LogP contribution is -2.44. The average Bonchev–Trinajstić information content (AvgIpc) is 2.35. The van der Waals surface area contributed by atoms with E-state index in [1.807, 2.05) is 27.7 Å². The molecule has 6 N–H and O–H groups in total. The molecule has 0 aliphatic carbocycles. The van der Waals surface area contributed by atoms with Gasteiger partial charge in [-0.25, -0.2) is 0 Å². The predicted molar refractivity (Wildman–Crippen MR) is 75.3 cm³/mol. The zero-order valence-corrected chi connectivity index (χ0v) is 11.9. The van der Waals surface area contributed by atoms with Crippen LogP contribution in [0.2, 0.25) is 0 Å². The molecule has 0 unspecified atom stereocenters. The lowest BCUT2D eigenvalue weighted by atomic mass is 9.91. The molecule has 0 radical (unpaired) electrons. The van der Waals surface area contributed by atoms with Crippen LogP contribution in [0, 0.1) is 10.8 Å². The van der Waals surface area contributed by atoms with Crippen LogP contribution in [0.4, 0.5) is 0 Å². The van der Waals surface area contributed by atoms with Gasteiger partial charge in [-0.05, 0) is 25.7 Å². The van der Waals surface area contributed by atoms with Crippen LogP contribution in [0.15, 0.2) is 10.2 Å². The molecule has 104 valence electrons. The molecule has 0 aliphatic rings. The number of hydrogen-bond donors (Lipinski definition) is 4. The van der Waals surface area contributed by atoms with Crippen molar-refractivity contribution in [3.63, 3.8) is 0 Å². The minimum absolute atomic E-state index is 0.0147. The average molecular weight is 254 g/mol. The van der Waals surface area contributed by atoms with Gasteiger partial charge in [0.25, 0.3) is 0 Å². The van der Waals surface area contributed by atoms with E-state index in [0.717, 1.165) is 0 Å². The third-order valence-electron chi connectivity index (χ3n) is 3.78. The van der Waals surface area contributed by atoms with Crippen LogP contribution < -0.4 is 11.5 Å². The van der Waals surface area contributed by atoms with E-state index in [9.17, 15) is 0 Å². The van der Waals surface area contributed by atoms with Crippen LogP contribution in [0.5, 0.6) is 0 Å². The van der Waals surface area contributed by atoms with Gasteiger partial charge in [0.1, 0.15) is 22.7 Å². The second-order valence-electron chi connectivity index (χ2n) is 4.50. The fourth-order valence-electron chi connectivity index (χ4n) is 1.84. The highest BCUT2D eigenvalue weighted by Crippen LogP contribution is 2.26. The molecule has 0 aromatic heterocycles. The van der Waals surface area contributed by atoms with Crippen molar-refractivity contribution in [2.24, 2.45) is 21.7 Å². The molecule has 0 rings (SSSR count). The molecule has 0 heterocycles. The van der Waals surface area contributed by atoms with E-state index in [-0.39, 0.29) is 11.7 Å². The number of nitrogens with one attached hydrogen (secondary N) is 2. The Kier molecular flexibility index (Phi) is 5.94. The van der Waals surface area contributed by atoms with Crippen LogP contribution in [0.1, 0.15) is 53.4 Å². The predicted octanol–water partition coefficient (Wildman–Crippen LogP) is 2.43. The van der Waals surface area contributed by atoms with Gasteiger partial charge in [0, 0.05) is 0 Å². The van der Waals surface area contributed by atoms with Crippen molar-refractivity contribution in [3.8, 4) is 0 Å². The summed E-state index contributed by atoms with van der Waals surface area (Å²) in [6.45, 7) is 7.71. The monoisotopic (exact) mass is 254 g/mol. The van der Waals surface area contributed by atoms with Crippen molar-refractivity contribution in [2.75, 3.05) is 0 Å². The minimum atomic E-state index is -0.759. The Morgan fingerprint density at radius 3 is 1.11 bits per heavy atom. The molecule has 0 atom stereocenters. The van der Waals surface area contributed by atoms with Gasteiger partial charge >= 0.3 is 0 Å². The van der Waals surface area contributed by atoms with E-state index < -0.39 is 11.1 Å². The van der Waals surface area contributed by atoms with Gasteiger partial charge in [-0.2, -0.15) is 10.2 Å². The maximum atomic E-state index is 7.67. The van der Waals surface area contributed by atoms with Gasteiger partial charge in [0.15, 0.2) is 0 Å². The summed E-state index contributed by atoms with van der Waals surface area (Å²) in [4.78, 5) is 0. The first-order valence-corrected chi connectivity index (χ1v) is 6.47. The SMILES string of the molecule is CCC(CC)(/N=N/C(CC)(CC)C(=N)N)C(=N)N. The minimum Gasteiger partial charge on any atom is -0.386 e. The first kappa shape index (κ1) is 16.5. The van der Waals surface area contributed by atoms with Crippen molar-refractivity contribution < 1.29 is 0 Å². The van der Waals surface area contributed by atoms with Crippen LogP contribution in [0.3, 0.4) is 0 Å². The fourth-order valence-corrected chi connectivity index (χ4v) is 1.84. The molecule has 0 amide bonds. The summed E-state index contributed by atoms with van der Waals surface area (Å²) < 4.78 is 0. The molecular weight excluding hydrogens is 228 g/mol. The normalized spacial score (nSPS) is 12.9. The Morgan fingerprint density at radius 1 is 0.778 bits per heavy atom. The molecule has 0 spiro atoms. The summed E-state index contributed by atoms with van der Waals surface area (Å²) in [5.74, 6) is 0.0295. The largest absolute Gasteiger partial charge is 0.386 e. The van der Waals surface area contributed by atoms with Crippen LogP contribution in [-0.4, -0.2) is 22.7 Å². The summed E-state index contributed by atoms with van der Waals surface area (Å²) in [5.41, 5.74) is 9.73. The van der Waals surface area contributed by atoms with Crippen LogP contribution >= 0.6 is 0 Å². The molecule has 0 bridgehead atoms. The zero-order chi connectivity index (χ0) is 14.4. The summed E-state index contributed by atoms with van der Waals surface area (Å²) in [6.07, 6.45) is 2.46. The lowest BCUT2D eigenvalue weighted by molar-refractivity contribution is 0.430. The van der Waals surface area contributed by atoms with Gasteiger partial charge in [-0.15, -0.1) is 0 Å². The van der Waals surface area contributed by atoms with Crippen molar-refractivity contribution in [1.82, 2.24) is 0 Å². The maximum Gasteiger partial charge on any atom is 0.137 e. The zero-order valence-electron chi connectivity index (χ0n) is 11.9. The first-order valence-electron chi connectivity index (χ1n) is 6.47. The third-order valence-corrected chi connectivity index (χ3v) is 3.78. The van der Waals surface area contributed by atoms with E-state index >= 15 is 0 Å². The van der Waals surface area contributed by atoms with Gasteiger partial charge in [0.05, 0.1) is 0 Å². The molecule has 0 aromatic carbocycles. The van der Waals surface area contributed by atoms with E-state index in [0.29, 0.717) is 25.7 Å². The number of hydrogen-bond acceptors (Lipinski definition) is 4. The van der Waals surface area contributed by atoms with E-state index in [1.165, 1.54) is 0 Å². The number of rotatable bonds is 8. The summed E-state index contributed by atoms with van der Waals surface area (Å²) in [6, 6.07) is 0. The summed E-state index contributed by atoms with van der Waals surface area (Å²) >= 11 is 0. The molecule has 6 nitrogen and oxygen atoms in total. The van der Waals surface area contributed by atoms with E-state index in [4.69, 9.17) is 22.3 Å². The topological polar surface area (TPSA) is 124 Å². The highest BCUT2D eigenvalue weighted by Gasteiger charge is 2.34. The van der Waals surface area contributed by atoms with Crippen molar-refractivity contribution in [1.29, 1.82) is 10.8 Å². The highest BCUT2D eigenvalue weighted by atomic mass is 15.2. The number of nitrogens with zero attached hydrogens (tertiary/aromatic N) is 2. The molecular formula is C12H26N6. The first-order chi connectivity index (χ1) is 8.34. The van der Waals surface area contributed by atoms with Crippen LogP contribution in [-0.2, 0) is 0 Å². The second-order valence-corrected chi connectivity index (χ2v) is 4.50. The molecule has 0 saturated carbocycles. The van der Waals surface area contributed by atoms with Crippen molar-refractivity contribution in [2.45, 2.75) is 64.5 Å². The molecule has 0 fully saturated rings. The van der Waals surface area contributed by atoms with E-state index in [1.54, 1.807) is 0 Å². The van der Waals surface area contributed by atoms with Gasteiger partial charge in [-0.3, -0.25) is 10.8 Å².